The molecule has 0 unspecified atom stereocenters. The molecule has 10 nitrogen and oxygen atoms in total. The molecule has 1 aliphatic heterocycles. The van der Waals surface area contributed by atoms with Crippen LogP contribution in [0.2, 0.25) is 0 Å². The molecular formula is C28H34N6O4. The third-order valence-corrected chi connectivity index (χ3v) is 7.21. The first-order valence-electron chi connectivity index (χ1n) is 12.9. The molecule has 2 N–H and O–H groups in total. The van der Waals surface area contributed by atoms with Gasteiger partial charge in [0.05, 0.1) is 6.54 Å². The van der Waals surface area contributed by atoms with Crippen molar-refractivity contribution in [1.82, 2.24) is 24.0 Å². The monoisotopic (exact) mass is 518 g/mol. The van der Waals surface area contributed by atoms with Crippen LogP contribution < -0.4 is 20.9 Å². The zero-order valence-electron chi connectivity index (χ0n) is 22.1. The van der Waals surface area contributed by atoms with Crippen molar-refractivity contribution in [2.75, 3.05) is 37.7 Å². The predicted octanol–water partition coefficient (Wildman–Crippen LogP) is 1.80. The Bertz CT molecular complexity index is 1530. The minimum Gasteiger partial charge on any atom is -0.491 e. The van der Waals surface area contributed by atoms with E-state index in [1.807, 2.05) is 50.2 Å². The summed E-state index contributed by atoms with van der Waals surface area (Å²) in [6.45, 7) is 8.13. The number of aromatic nitrogens is 4. The molecule has 200 valence electrons. The molecule has 0 spiro atoms. The Labute approximate surface area is 220 Å². The van der Waals surface area contributed by atoms with Gasteiger partial charge in [0.1, 0.15) is 18.5 Å². The van der Waals surface area contributed by atoms with Crippen molar-refractivity contribution >= 4 is 17.1 Å². The minimum atomic E-state index is -0.899. The molecular weight excluding hydrogens is 484 g/mol. The fourth-order valence-electron chi connectivity index (χ4n) is 4.84. The lowest BCUT2D eigenvalue weighted by molar-refractivity contribution is 0.0934. The molecule has 5 rings (SSSR count). The number of benzene rings is 2. The van der Waals surface area contributed by atoms with E-state index in [-0.39, 0.29) is 18.7 Å². The molecule has 0 saturated carbocycles. The molecule has 1 saturated heterocycles. The number of hydrogen-bond donors (Lipinski definition) is 2. The average molecular weight is 519 g/mol. The SMILES string of the molecule is Cc1ccc(OC[C@H](O)Cn2c(N3CCN(Cc4ccccc4)CC3)nc3c2c(=O)[nH]c(=O)n3C)cc1C. The molecule has 3 heterocycles. The van der Waals surface area contributed by atoms with E-state index >= 15 is 0 Å². The molecule has 1 atom stereocenters. The van der Waals surface area contributed by atoms with Gasteiger partial charge in [-0.2, -0.15) is 4.98 Å². The molecule has 0 radical (unpaired) electrons. The van der Waals surface area contributed by atoms with Gasteiger partial charge in [-0.25, -0.2) is 4.79 Å². The van der Waals surface area contributed by atoms with Crippen molar-refractivity contribution < 1.29 is 9.84 Å². The van der Waals surface area contributed by atoms with Gasteiger partial charge in [0.15, 0.2) is 11.2 Å². The fraction of sp³-hybridized carbons (Fsp3) is 0.393. The maximum atomic E-state index is 12.9. The molecule has 10 heteroatoms. The quantitative estimate of drug-likeness (QED) is 0.366. The van der Waals surface area contributed by atoms with Crippen molar-refractivity contribution in [2.24, 2.45) is 7.05 Å². The van der Waals surface area contributed by atoms with Gasteiger partial charge in [0.2, 0.25) is 5.95 Å². The summed E-state index contributed by atoms with van der Waals surface area (Å²) in [4.78, 5) is 36.7. The zero-order chi connectivity index (χ0) is 26.8. The number of nitrogens with zero attached hydrogens (tertiary/aromatic N) is 5. The fourth-order valence-corrected chi connectivity index (χ4v) is 4.84. The first-order valence-corrected chi connectivity index (χ1v) is 12.9. The van der Waals surface area contributed by atoms with Crippen molar-refractivity contribution in [3.8, 4) is 5.75 Å². The number of hydrogen-bond acceptors (Lipinski definition) is 7. The molecule has 0 amide bonds. The summed E-state index contributed by atoms with van der Waals surface area (Å²) in [6, 6.07) is 16.2. The van der Waals surface area contributed by atoms with E-state index in [2.05, 4.69) is 26.9 Å². The number of ether oxygens (including phenoxy) is 1. The van der Waals surface area contributed by atoms with Crippen LogP contribution in [-0.2, 0) is 20.1 Å². The number of anilines is 1. The topological polar surface area (TPSA) is 109 Å². The van der Waals surface area contributed by atoms with Crippen molar-refractivity contribution in [2.45, 2.75) is 33.0 Å². The first-order chi connectivity index (χ1) is 18.3. The van der Waals surface area contributed by atoms with Crippen LogP contribution in [0.15, 0.2) is 58.1 Å². The third-order valence-electron chi connectivity index (χ3n) is 7.21. The van der Waals surface area contributed by atoms with Gasteiger partial charge in [-0.05, 0) is 42.7 Å². The van der Waals surface area contributed by atoms with E-state index in [1.165, 1.54) is 15.7 Å². The predicted molar refractivity (Wildman–Crippen MR) is 147 cm³/mol. The summed E-state index contributed by atoms with van der Waals surface area (Å²) in [6.07, 6.45) is -0.899. The Balaban J connectivity index is 1.37. The number of piperazine rings is 1. The van der Waals surface area contributed by atoms with Gasteiger partial charge >= 0.3 is 5.69 Å². The summed E-state index contributed by atoms with van der Waals surface area (Å²) >= 11 is 0. The Hall–Kier alpha value is -3.89. The number of rotatable bonds is 8. The first kappa shape index (κ1) is 25.7. The number of aromatic amines is 1. The molecule has 2 aromatic carbocycles. The number of H-pyrrole nitrogens is 1. The minimum absolute atomic E-state index is 0.0517. The maximum Gasteiger partial charge on any atom is 0.329 e. The summed E-state index contributed by atoms with van der Waals surface area (Å²) < 4.78 is 8.90. The highest BCUT2D eigenvalue weighted by molar-refractivity contribution is 5.74. The number of aryl methyl sites for hydroxylation is 3. The molecule has 2 aromatic heterocycles. The number of aliphatic hydroxyl groups is 1. The van der Waals surface area contributed by atoms with E-state index in [0.717, 1.165) is 25.2 Å². The van der Waals surface area contributed by atoms with Gasteiger partial charge in [-0.3, -0.25) is 19.2 Å². The lowest BCUT2D eigenvalue weighted by Gasteiger charge is -2.35. The van der Waals surface area contributed by atoms with E-state index in [1.54, 1.807) is 11.6 Å². The highest BCUT2D eigenvalue weighted by Gasteiger charge is 2.26. The average Bonchev–Trinajstić information content (AvgIpc) is 3.29. The molecule has 1 fully saturated rings. The van der Waals surface area contributed by atoms with Crippen LogP contribution in [0.3, 0.4) is 0 Å². The van der Waals surface area contributed by atoms with E-state index in [9.17, 15) is 14.7 Å². The Morgan fingerprint density at radius 1 is 1.03 bits per heavy atom. The van der Waals surface area contributed by atoms with E-state index in [0.29, 0.717) is 30.4 Å². The lowest BCUT2D eigenvalue weighted by atomic mass is 10.1. The second kappa shape index (κ2) is 10.8. The molecule has 0 aliphatic carbocycles. The second-order valence-corrected chi connectivity index (χ2v) is 9.97. The zero-order valence-corrected chi connectivity index (χ0v) is 22.1. The molecule has 1 aliphatic rings. The highest BCUT2D eigenvalue weighted by Crippen LogP contribution is 2.23. The molecule has 0 bridgehead atoms. The highest BCUT2D eigenvalue weighted by atomic mass is 16.5. The van der Waals surface area contributed by atoms with Crippen molar-refractivity contribution in [3.63, 3.8) is 0 Å². The van der Waals surface area contributed by atoms with Crippen LogP contribution in [0.1, 0.15) is 16.7 Å². The largest absolute Gasteiger partial charge is 0.491 e. The lowest BCUT2D eigenvalue weighted by Crippen LogP contribution is -2.47. The van der Waals surface area contributed by atoms with Crippen LogP contribution in [0, 0.1) is 13.8 Å². The standard InChI is InChI=1S/C28H34N6O4/c1-19-9-10-23(15-20(19)2)38-18-22(35)17-34-24-25(31(3)28(37)30-26(24)36)29-27(34)33-13-11-32(12-14-33)16-21-7-5-4-6-8-21/h4-10,15,22,35H,11-14,16-18H2,1-3H3,(H,30,36,37)/t22-/m1/s1. The van der Waals surface area contributed by atoms with Gasteiger partial charge in [0, 0.05) is 39.8 Å². The van der Waals surface area contributed by atoms with Crippen LogP contribution >= 0.6 is 0 Å². The summed E-state index contributed by atoms with van der Waals surface area (Å²) in [5.74, 6) is 1.24. The van der Waals surface area contributed by atoms with Crippen LogP contribution in [0.25, 0.3) is 11.2 Å². The van der Waals surface area contributed by atoms with Crippen LogP contribution in [0.5, 0.6) is 5.75 Å². The summed E-state index contributed by atoms with van der Waals surface area (Å²) in [5, 5.41) is 10.9. The second-order valence-electron chi connectivity index (χ2n) is 9.97. The summed E-state index contributed by atoms with van der Waals surface area (Å²) in [5.41, 5.74) is 3.06. The van der Waals surface area contributed by atoms with Crippen LogP contribution in [0.4, 0.5) is 5.95 Å². The van der Waals surface area contributed by atoms with Crippen molar-refractivity contribution in [3.05, 3.63) is 86.1 Å². The number of nitrogens with one attached hydrogen (secondary N) is 1. The number of aliphatic hydroxyl groups excluding tert-OH is 1. The molecule has 38 heavy (non-hydrogen) atoms. The van der Waals surface area contributed by atoms with E-state index in [4.69, 9.17) is 9.72 Å². The Morgan fingerprint density at radius 3 is 2.47 bits per heavy atom. The number of fused-ring (bicyclic) bond motifs is 1. The Kier molecular flexibility index (Phi) is 7.35. The van der Waals surface area contributed by atoms with E-state index < -0.39 is 17.4 Å². The smallest absolute Gasteiger partial charge is 0.329 e. The van der Waals surface area contributed by atoms with Gasteiger partial charge < -0.3 is 19.3 Å². The number of imidazole rings is 1. The van der Waals surface area contributed by atoms with Gasteiger partial charge in [-0.15, -0.1) is 0 Å². The Morgan fingerprint density at radius 2 is 1.76 bits per heavy atom. The van der Waals surface area contributed by atoms with Crippen molar-refractivity contribution in [1.29, 1.82) is 0 Å². The van der Waals surface area contributed by atoms with Gasteiger partial charge in [0.25, 0.3) is 5.56 Å². The third kappa shape index (κ3) is 5.36. The summed E-state index contributed by atoms with van der Waals surface area (Å²) in [7, 11) is 1.58. The van der Waals surface area contributed by atoms with Crippen LogP contribution in [-0.4, -0.2) is 68.0 Å². The van der Waals surface area contributed by atoms with Gasteiger partial charge in [-0.1, -0.05) is 36.4 Å². The molecule has 4 aromatic rings. The normalized spacial score (nSPS) is 15.2. The maximum absolute atomic E-state index is 12.9.